The van der Waals surface area contributed by atoms with Crippen molar-refractivity contribution >= 4 is 34.1 Å². The highest BCUT2D eigenvalue weighted by Crippen LogP contribution is 2.16. The highest BCUT2D eigenvalue weighted by atomic mass is 35.5. The highest BCUT2D eigenvalue weighted by molar-refractivity contribution is 6.29. The van der Waals surface area contributed by atoms with Gasteiger partial charge in [-0.25, -0.2) is 4.98 Å². The molecular weight excluding hydrogens is 286 g/mol. The molecule has 1 aromatic heterocycles. The summed E-state index contributed by atoms with van der Waals surface area (Å²) in [5.41, 5.74) is 0.946. The second kappa shape index (κ2) is 5.89. The monoisotopic (exact) mass is 297 g/mol. The highest BCUT2D eigenvalue weighted by Gasteiger charge is 2.06. The van der Waals surface area contributed by atoms with Crippen molar-refractivity contribution in [2.45, 2.75) is 6.42 Å². The zero-order chi connectivity index (χ0) is 14.7. The number of rotatable bonds is 3. The van der Waals surface area contributed by atoms with Crippen LogP contribution in [0, 0.1) is 0 Å². The van der Waals surface area contributed by atoms with E-state index >= 15 is 0 Å². The van der Waals surface area contributed by atoms with Gasteiger partial charge in [-0.15, -0.1) is 0 Å². The average molecular weight is 298 g/mol. The fraction of sp³-hybridized carbons (Fsp3) is 0.0625. The van der Waals surface area contributed by atoms with Gasteiger partial charge in [0, 0.05) is 0 Å². The van der Waals surface area contributed by atoms with Gasteiger partial charge in [0.1, 0.15) is 5.15 Å². The molecule has 0 radical (unpaired) electrons. The van der Waals surface area contributed by atoms with E-state index in [0.717, 1.165) is 16.3 Å². The van der Waals surface area contributed by atoms with Crippen LogP contribution in [0.15, 0.2) is 54.9 Å². The van der Waals surface area contributed by atoms with E-state index in [0.29, 0.717) is 5.82 Å². The quantitative estimate of drug-likeness (QED) is 0.805. The van der Waals surface area contributed by atoms with Crippen molar-refractivity contribution in [3.8, 4) is 0 Å². The van der Waals surface area contributed by atoms with Crippen LogP contribution in [0.25, 0.3) is 10.8 Å². The molecule has 0 spiro atoms. The molecule has 0 aliphatic rings. The lowest BCUT2D eigenvalue weighted by molar-refractivity contribution is -0.115. The van der Waals surface area contributed by atoms with Crippen molar-refractivity contribution in [1.82, 2.24) is 9.97 Å². The van der Waals surface area contributed by atoms with E-state index in [1.54, 1.807) is 0 Å². The molecule has 0 fully saturated rings. The Morgan fingerprint density at radius 3 is 2.71 bits per heavy atom. The second-order valence-corrected chi connectivity index (χ2v) is 5.02. The van der Waals surface area contributed by atoms with E-state index in [1.165, 1.54) is 12.4 Å². The third-order valence-corrected chi connectivity index (χ3v) is 3.23. The maximum absolute atomic E-state index is 12.0. The first-order valence-electron chi connectivity index (χ1n) is 6.46. The molecule has 1 heterocycles. The van der Waals surface area contributed by atoms with Crippen LogP contribution in [-0.4, -0.2) is 15.9 Å². The van der Waals surface area contributed by atoms with E-state index in [4.69, 9.17) is 11.6 Å². The zero-order valence-corrected chi connectivity index (χ0v) is 11.8. The summed E-state index contributed by atoms with van der Waals surface area (Å²) in [6, 6.07) is 14.0. The summed E-state index contributed by atoms with van der Waals surface area (Å²) in [7, 11) is 0. The van der Waals surface area contributed by atoms with Crippen LogP contribution in [0.3, 0.4) is 0 Å². The topological polar surface area (TPSA) is 54.9 Å². The number of hydrogen-bond donors (Lipinski definition) is 1. The van der Waals surface area contributed by atoms with Gasteiger partial charge in [0.15, 0.2) is 5.82 Å². The molecule has 0 aliphatic carbocycles. The summed E-state index contributed by atoms with van der Waals surface area (Å²) in [6.45, 7) is 0. The Balaban J connectivity index is 1.74. The number of anilines is 1. The van der Waals surface area contributed by atoms with Gasteiger partial charge in [-0.2, -0.15) is 0 Å². The van der Waals surface area contributed by atoms with Crippen LogP contribution in [0.2, 0.25) is 5.15 Å². The minimum atomic E-state index is -0.151. The van der Waals surface area contributed by atoms with Crippen LogP contribution in [-0.2, 0) is 11.2 Å². The molecule has 0 saturated heterocycles. The minimum Gasteiger partial charge on any atom is -0.309 e. The fourth-order valence-electron chi connectivity index (χ4n) is 2.12. The van der Waals surface area contributed by atoms with E-state index < -0.39 is 0 Å². The Bertz CT molecular complexity index is 804. The van der Waals surface area contributed by atoms with Crippen LogP contribution < -0.4 is 5.32 Å². The number of carbonyl (C=O) groups excluding carboxylic acids is 1. The summed E-state index contributed by atoms with van der Waals surface area (Å²) in [4.78, 5) is 19.9. The van der Waals surface area contributed by atoms with Gasteiger partial charge in [-0.05, 0) is 16.3 Å². The molecule has 21 heavy (non-hydrogen) atoms. The minimum absolute atomic E-state index is 0.151. The summed E-state index contributed by atoms with van der Waals surface area (Å²) < 4.78 is 0. The largest absolute Gasteiger partial charge is 0.309 e. The number of carbonyl (C=O) groups is 1. The van der Waals surface area contributed by atoms with E-state index in [-0.39, 0.29) is 17.5 Å². The first-order valence-corrected chi connectivity index (χ1v) is 6.83. The first-order chi connectivity index (χ1) is 10.2. The summed E-state index contributed by atoms with van der Waals surface area (Å²) in [6.07, 6.45) is 3.16. The number of amides is 1. The fourth-order valence-corrected chi connectivity index (χ4v) is 2.27. The standard InChI is InChI=1S/C16H12ClN3O/c17-14-9-18-10-15(19-14)20-16(21)8-11-5-6-12-3-1-2-4-13(12)7-11/h1-7,9-10H,8H2,(H,19,20,21). The number of benzene rings is 2. The lowest BCUT2D eigenvalue weighted by Gasteiger charge is -2.05. The molecule has 5 heteroatoms. The third kappa shape index (κ3) is 3.35. The number of hydrogen-bond acceptors (Lipinski definition) is 3. The maximum atomic E-state index is 12.0. The van der Waals surface area contributed by atoms with Crippen LogP contribution in [0.5, 0.6) is 0 Å². The average Bonchev–Trinajstić information content (AvgIpc) is 2.47. The molecule has 3 rings (SSSR count). The van der Waals surface area contributed by atoms with Gasteiger partial charge in [0.2, 0.25) is 5.91 Å². The molecule has 3 aromatic rings. The van der Waals surface area contributed by atoms with Gasteiger partial charge in [0.25, 0.3) is 0 Å². The SMILES string of the molecule is O=C(Cc1ccc2ccccc2c1)Nc1cncc(Cl)n1. The summed E-state index contributed by atoms with van der Waals surface area (Å²) in [5.74, 6) is 0.204. The normalized spacial score (nSPS) is 10.5. The molecule has 104 valence electrons. The Morgan fingerprint density at radius 2 is 1.90 bits per heavy atom. The third-order valence-electron chi connectivity index (χ3n) is 3.05. The summed E-state index contributed by atoms with van der Waals surface area (Å²) in [5, 5.41) is 5.20. The first kappa shape index (κ1) is 13.5. The number of aromatic nitrogens is 2. The molecule has 4 nitrogen and oxygen atoms in total. The lowest BCUT2D eigenvalue weighted by atomic mass is 10.1. The van der Waals surface area contributed by atoms with Crippen LogP contribution >= 0.6 is 11.6 Å². The predicted octanol–water partition coefficient (Wildman–Crippen LogP) is 3.46. The van der Waals surface area contributed by atoms with Crippen molar-refractivity contribution in [2.75, 3.05) is 5.32 Å². The molecule has 0 unspecified atom stereocenters. The summed E-state index contributed by atoms with van der Waals surface area (Å²) >= 11 is 5.73. The van der Waals surface area contributed by atoms with Crippen molar-refractivity contribution in [2.24, 2.45) is 0 Å². The zero-order valence-electron chi connectivity index (χ0n) is 11.1. The molecule has 2 aromatic carbocycles. The Morgan fingerprint density at radius 1 is 1.10 bits per heavy atom. The lowest BCUT2D eigenvalue weighted by Crippen LogP contribution is -2.15. The van der Waals surface area contributed by atoms with Crippen molar-refractivity contribution < 1.29 is 4.79 Å². The predicted molar refractivity (Wildman–Crippen MR) is 83.3 cm³/mol. The van der Waals surface area contributed by atoms with Gasteiger partial charge in [-0.1, -0.05) is 54.1 Å². The number of fused-ring (bicyclic) bond motifs is 1. The van der Waals surface area contributed by atoms with Gasteiger partial charge in [-0.3, -0.25) is 9.78 Å². The van der Waals surface area contributed by atoms with E-state index in [1.807, 2.05) is 42.5 Å². The van der Waals surface area contributed by atoms with Gasteiger partial charge >= 0.3 is 0 Å². The Hall–Kier alpha value is -2.46. The van der Waals surface area contributed by atoms with Crippen LogP contribution in [0.1, 0.15) is 5.56 Å². The van der Waals surface area contributed by atoms with Gasteiger partial charge in [0.05, 0.1) is 18.8 Å². The Kier molecular flexibility index (Phi) is 3.79. The molecule has 0 saturated carbocycles. The smallest absolute Gasteiger partial charge is 0.229 e. The molecule has 0 bridgehead atoms. The molecule has 1 N–H and O–H groups in total. The molecular formula is C16H12ClN3O. The molecule has 0 atom stereocenters. The number of nitrogens with one attached hydrogen (secondary N) is 1. The number of halogens is 1. The molecule has 0 aliphatic heterocycles. The number of nitrogens with zero attached hydrogens (tertiary/aromatic N) is 2. The molecule has 1 amide bonds. The Labute approximate surface area is 126 Å². The van der Waals surface area contributed by atoms with E-state index in [9.17, 15) is 4.79 Å². The van der Waals surface area contributed by atoms with E-state index in [2.05, 4.69) is 15.3 Å². The van der Waals surface area contributed by atoms with Crippen molar-refractivity contribution in [3.05, 3.63) is 65.6 Å². The van der Waals surface area contributed by atoms with Crippen molar-refractivity contribution in [3.63, 3.8) is 0 Å². The second-order valence-electron chi connectivity index (χ2n) is 4.63. The van der Waals surface area contributed by atoms with Gasteiger partial charge < -0.3 is 5.32 Å². The maximum Gasteiger partial charge on any atom is 0.229 e. The van der Waals surface area contributed by atoms with Crippen molar-refractivity contribution in [1.29, 1.82) is 0 Å². The van der Waals surface area contributed by atoms with Crippen LogP contribution in [0.4, 0.5) is 5.82 Å².